The van der Waals surface area contributed by atoms with Crippen molar-refractivity contribution >= 4 is 5.57 Å². The Morgan fingerprint density at radius 1 is 0.739 bits per heavy atom. The van der Waals surface area contributed by atoms with E-state index in [4.69, 9.17) is 0 Å². The van der Waals surface area contributed by atoms with Crippen LogP contribution in [0.25, 0.3) is 5.57 Å². The Labute approximate surface area is 139 Å². The van der Waals surface area contributed by atoms with E-state index in [1.54, 1.807) is 5.57 Å². The Balaban J connectivity index is 1.92. The summed E-state index contributed by atoms with van der Waals surface area (Å²) >= 11 is 0. The first-order valence-electron chi connectivity index (χ1n) is 8.78. The molecule has 2 saturated carbocycles. The highest BCUT2D eigenvalue weighted by atomic mass is 14.7. The van der Waals surface area contributed by atoms with Crippen molar-refractivity contribution in [2.24, 2.45) is 10.8 Å². The number of hydrogen-bond donors (Lipinski definition) is 0. The standard InChI is InChI=1S/C23H24/c1-22-15-9-10-16-23(22,2)21(22)17-20(18-11-5-3-6-12-18)19-13-7-4-8-14-19/h3-8,11-14H,9-10,15-16H2,1-2H3. The van der Waals surface area contributed by atoms with Gasteiger partial charge < -0.3 is 0 Å². The summed E-state index contributed by atoms with van der Waals surface area (Å²) in [4.78, 5) is 0. The van der Waals surface area contributed by atoms with Gasteiger partial charge >= 0.3 is 0 Å². The first-order valence-corrected chi connectivity index (χ1v) is 8.78. The highest BCUT2D eigenvalue weighted by Crippen LogP contribution is 2.75. The average molecular weight is 300 g/mol. The van der Waals surface area contributed by atoms with Crippen LogP contribution in [0.2, 0.25) is 0 Å². The molecule has 0 spiro atoms. The summed E-state index contributed by atoms with van der Waals surface area (Å²) in [5.74, 6) is 0. The smallest absolute Gasteiger partial charge is 0.0309 e. The first kappa shape index (κ1) is 14.5. The van der Waals surface area contributed by atoms with Gasteiger partial charge in [0.2, 0.25) is 0 Å². The molecule has 0 amide bonds. The fraction of sp³-hybridized carbons (Fsp3) is 0.348. The van der Waals surface area contributed by atoms with Crippen LogP contribution in [0.15, 0.2) is 72.0 Å². The van der Waals surface area contributed by atoms with Crippen LogP contribution in [0.1, 0.15) is 50.7 Å². The molecule has 23 heavy (non-hydrogen) atoms. The van der Waals surface area contributed by atoms with Crippen molar-refractivity contribution < 1.29 is 0 Å². The second-order valence-electron chi connectivity index (χ2n) is 7.48. The molecule has 2 aliphatic rings. The molecule has 2 aromatic carbocycles. The Morgan fingerprint density at radius 3 is 1.61 bits per heavy atom. The molecular weight excluding hydrogens is 276 g/mol. The van der Waals surface area contributed by atoms with Gasteiger partial charge in [-0.05, 0) is 29.5 Å². The predicted octanol–water partition coefficient (Wildman–Crippen LogP) is 6.24. The minimum Gasteiger partial charge on any atom is -0.111 e. The number of rotatable bonds is 2. The van der Waals surface area contributed by atoms with Crippen LogP contribution in [-0.2, 0) is 0 Å². The number of hydrogen-bond acceptors (Lipinski definition) is 0. The Hall–Kier alpha value is -2.04. The van der Waals surface area contributed by atoms with E-state index in [1.165, 1.54) is 42.4 Å². The van der Waals surface area contributed by atoms with E-state index >= 15 is 0 Å². The predicted molar refractivity (Wildman–Crippen MR) is 97.1 cm³/mol. The Bertz CT molecular complexity index is 716. The second kappa shape index (κ2) is 5.25. The zero-order chi connectivity index (χ0) is 15.9. The molecule has 0 nitrogen and oxygen atoms in total. The van der Waals surface area contributed by atoms with Gasteiger partial charge in [-0.3, -0.25) is 0 Å². The third kappa shape index (κ3) is 2.21. The largest absolute Gasteiger partial charge is 0.111 e. The molecule has 2 atom stereocenters. The van der Waals surface area contributed by atoms with Gasteiger partial charge in [-0.1, -0.05) is 87.4 Å². The highest BCUT2D eigenvalue weighted by molar-refractivity contribution is 5.80. The Morgan fingerprint density at radius 2 is 1.17 bits per heavy atom. The summed E-state index contributed by atoms with van der Waals surface area (Å²) < 4.78 is 0. The van der Waals surface area contributed by atoms with Gasteiger partial charge in [0, 0.05) is 16.4 Å². The third-order valence-corrected chi connectivity index (χ3v) is 6.24. The third-order valence-electron chi connectivity index (χ3n) is 6.24. The van der Waals surface area contributed by atoms with Crippen molar-refractivity contribution in [2.45, 2.75) is 39.5 Å². The molecule has 0 heterocycles. The fourth-order valence-corrected chi connectivity index (χ4v) is 4.50. The molecule has 2 unspecified atom stereocenters. The number of fused-ring (bicyclic) bond motifs is 1. The maximum absolute atomic E-state index is 3.88. The van der Waals surface area contributed by atoms with Crippen molar-refractivity contribution in [3.8, 4) is 0 Å². The average Bonchev–Trinajstić information content (AvgIpc) is 3.09. The lowest BCUT2D eigenvalue weighted by Crippen LogP contribution is -2.12. The molecule has 0 radical (unpaired) electrons. The van der Waals surface area contributed by atoms with E-state index in [2.05, 4.69) is 80.2 Å². The summed E-state index contributed by atoms with van der Waals surface area (Å²) in [6, 6.07) is 21.4. The van der Waals surface area contributed by atoms with Crippen LogP contribution in [-0.4, -0.2) is 0 Å². The van der Waals surface area contributed by atoms with Crippen molar-refractivity contribution in [3.05, 3.63) is 83.1 Å². The lowest BCUT2D eigenvalue weighted by atomic mass is 9.82. The number of benzene rings is 2. The van der Waals surface area contributed by atoms with Gasteiger partial charge in [0.1, 0.15) is 0 Å². The molecule has 0 aromatic heterocycles. The summed E-state index contributed by atoms with van der Waals surface area (Å²) in [6.45, 7) is 4.89. The van der Waals surface area contributed by atoms with Crippen LogP contribution < -0.4 is 0 Å². The molecular formula is C23H24. The number of allylic oxidation sites excluding steroid dienone is 1. The van der Waals surface area contributed by atoms with Gasteiger partial charge in [-0.15, -0.1) is 5.73 Å². The van der Waals surface area contributed by atoms with E-state index < -0.39 is 0 Å². The molecule has 116 valence electrons. The molecule has 2 aromatic rings. The fourth-order valence-electron chi connectivity index (χ4n) is 4.50. The van der Waals surface area contributed by atoms with Crippen LogP contribution in [0.4, 0.5) is 0 Å². The van der Waals surface area contributed by atoms with E-state index in [9.17, 15) is 0 Å². The van der Waals surface area contributed by atoms with Crippen molar-refractivity contribution in [1.29, 1.82) is 0 Å². The maximum Gasteiger partial charge on any atom is 0.0309 e. The normalized spacial score (nSPS) is 28.7. The van der Waals surface area contributed by atoms with Gasteiger partial charge in [0.15, 0.2) is 0 Å². The van der Waals surface area contributed by atoms with Crippen molar-refractivity contribution in [3.63, 3.8) is 0 Å². The molecule has 0 N–H and O–H groups in total. The minimum absolute atomic E-state index is 0.375. The first-order chi connectivity index (χ1) is 11.2. The second-order valence-corrected chi connectivity index (χ2v) is 7.48. The van der Waals surface area contributed by atoms with Crippen LogP contribution in [0.5, 0.6) is 0 Å². The zero-order valence-electron chi connectivity index (χ0n) is 14.1. The van der Waals surface area contributed by atoms with Crippen molar-refractivity contribution in [2.75, 3.05) is 0 Å². The summed E-state index contributed by atoms with van der Waals surface area (Å²) in [7, 11) is 0. The maximum atomic E-state index is 3.88. The quantitative estimate of drug-likeness (QED) is 0.575. The summed E-state index contributed by atoms with van der Waals surface area (Å²) in [5.41, 5.74) is 9.96. The van der Waals surface area contributed by atoms with E-state index in [0.29, 0.717) is 10.8 Å². The van der Waals surface area contributed by atoms with Crippen molar-refractivity contribution in [1.82, 2.24) is 0 Å². The molecule has 2 fully saturated rings. The monoisotopic (exact) mass is 300 g/mol. The molecule has 4 rings (SSSR count). The van der Waals surface area contributed by atoms with E-state index in [0.717, 1.165) is 0 Å². The van der Waals surface area contributed by atoms with Crippen LogP contribution in [0.3, 0.4) is 0 Å². The lowest BCUT2D eigenvalue weighted by molar-refractivity contribution is 0.277. The topological polar surface area (TPSA) is 0 Å². The SMILES string of the molecule is CC12CCCCC1(C)C2=C=C(c1ccccc1)c1ccccc1. The lowest BCUT2D eigenvalue weighted by Gasteiger charge is -2.22. The van der Waals surface area contributed by atoms with E-state index in [1.807, 2.05) is 0 Å². The van der Waals surface area contributed by atoms with Gasteiger partial charge in [-0.2, -0.15) is 0 Å². The molecule has 2 aliphatic carbocycles. The minimum atomic E-state index is 0.375. The highest BCUT2D eigenvalue weighted by Gasteiger charge is 2.66. The van der Waals surface area contributed by atoms with Crippen LogP contribution in [0, 0.1) is 10.8 Å². The van der Waals surface area contributed by atoms with Gasteiger partial charge in [0.25, 0.3) is 0 Å². The van der Waals surface area contributed by atoms with Gasteiger partial charge in [0.05, 0.1) is 0 Å². The molecule has 0 bridgehead atoms. The summed E-state index contributed by atoms with van der Waals surface area (Å²) in [6.07, 6.45) is 5.37. The molecule has 0 aliphatic heterocycles. The van der Waals surface area contributed by atoms with Crippen LogP contribution >= 0.6 is 0 Å². The Kier molecular flexibility index (Phi) is 3.32. The summed E-state index contributed by atoms with van der Waals surface area (Å²) in [5, 5.41) is 0. The molecule has 0 heteroatoms. The van der Waals surface area contributed by atoms with E-state index in [-0.39, 0.29) is 0 Å². The zero-order valence-corrected chi connectivity index (χ0v) is 14.1. The molecule has 0 saturated heterocycles. The van der Waals surface area contributed by atoms with Gasteiger partial charge in [-0.25, -0.2) is 0 Å².